The minimum atomic E-state index is -3.63. The van der Waals surface area contributed by atoms with Crippen LogP contribution in [0.2, 0.25) is 5.02 Å². The van der Waals surface area contributed by atoms with Crippen molar-refractivity contribution in [1.29, 1.82) is 0 Å². The molecule has 3 aromatic carbocycles. The number of nitrogens with one attached hydrogen (secondary N) is 1. The molecule has 1 N–H and O–H groups in total. The van der Waals surface area contributed by atoms with E-state index in [4.69, 9.17) is 11.6 Å². The predicted octanol–water partition coefficient (Wildman–Crippen LogP) is 6.06. The van der Waals surface area contributed by atoms with E-state index in [2.05, 4.69) is 5.32 Å². The fourth-order valence-corrected chi connectivity index (χ4v) is 5.92. The number of carbonyl (C=O) groups is 2. The number of aryl methyl sites for hydroxylation is 1. The average Bonchev–Trinajstić information content (AvgIpc) is 2.95. The molecule has 0 aliphatic rings. The standard InChI is InChI=1S/C33H42ClN3O4S/c1-6-25(3)35-33(39)31(22-27-12-8-7-9-13-27)36(23-28-19-17-24(2)18-20-28)32(38)16-11-21-37(42(5,40)41)30-15-10-14-29(34)26(30)4/h7-10,12-15,17-20,25,31H,6,11,16,21-23H2,1-5H3,(H,35,39)/t25-,31+/m1/s1. The second-order valence-electron chi connectivity index (χ2n) is 10.9. The molecule has 0 unspecified atom stereocenters. The lowest BCUT2D eigenvalue weighted by atomic mass is 10.0. The molecule has 0 aromatic heterocycles. The lowest BCUT2D eigenvalue weighted by Crippen LogP contribution is -2.52. The third-order valence-electron chi connectivity index (χ3n) is 7.41. The first kappa shape index (κ1) is 33.1. The van der Waals surface area contributed by atoms with Crippen molar-refractivity contribution < 1.29 is 18.0 Å². The van der Waals surface area contributed by atoms with Crippen LogP contribution in [0.15, 0.2) is 72.8 Å². The van der Waals surface area contributed by atoms with Crippen molar-refractivity contribution in [1.82, 2.24) is 10.2 Å². The summed E-state index contributed by atoms with van der Waals surface area (Å²) in [5.74, 6) is -0.423. The first-order valence-electron chi connectivity index (χ1n) is 14.3. The number of amides is 2. The van der Waals surface area contributed by atoms with Crippen LogP contribution in [-0.4, -0.2) is 50.0 Å². The molecular formula is C33H42ClN3O4S. The Balaban J connectivity index is 1.90. The lowest BCUT2D eigenvalue weighted by Gasteiger charge is -2.33. The Bertz CT molecular complexity index is 1450. The van der Waals surface area contributed by atoms with Crippen LogP contribution in [0.1, 0.15) is 55.4 Å². The van der Waals surface area contributed by atoms with E-state index in [1.807, 2.05) is 75.4 Å². The van der Waals surface area contributed by atoms with Crippen LogP contribution < -0.4 is 9.62 Å². The topological polar surface area (TPSA) is 86.8 Å². The molecule has 2 amide bonds. The number of hydrogen-bond donors (Lipinski definition) is 1. The fraction of sp³-hybridized carbons (Fsp3) is 0.394. The molecule has 0 fully saturated rings. The molecular weight excluding hydrogens is 570 g/mol. The van der Waals surface area contributed by atoms with Crippen molar-refractivity contribution in [3.05, 3.63) is 100 Å². The van der Waals surface area contributed by atoms with E-state index in [0.29, 0.717) is 22.7 Å². The summed E-state index contributed by atoms with van der Waals surface area (Å²) < 4.78 is 26.8. The lowest BCUT2D eigenvalue weighted by molar-refractivity contribution is -0.141. The number of benzene rings is 3. The molecule has 2 atom stereocenters. The second-order valence-corrected chi connectivity index (χ2v) is 13.2. The summed E-state index contributed by atoms with van der Waals surface area (Å²) in [6.45, 7) is 8.08. The zero-order valence-electron chi connectivity index (χ0n) is 25.1. The van der Waals surface area contributed by atoms with Gasteiger partial charge in [-0.15, -0.1) is 0 Å². The first-order chi connectivity index (χ1) is 19.9. The molecule has 3 rings (SSSR count). The normalized spacial score (nSPS) is 12.8. The van der Waals surface area contributed by atoms with E-state index in [-0.39, 0.29) is 43.8 Å². The monoisotopic (exact) mass is 611 g/mol. The highest BCUT2D eigenvalue weighted by molar-refractivity contribution is 7.92. The minimum Gasteiger partial charge on any atom is -0.352 e. The van der Waals surface area contributed by atoms with Gasteiger partial charge < -0.3 is 10.2 Å². The fourth-order valence-electron chi connectivity index (χ4n) is 4.73. The van der Waals surface area contributed by atoms with Gasteiger partial charge in [-0.05, 0) is 62.4 Å². The smallest absolute Gasteiger partial charge is 0.243 e. The van der Waals surface area contributed by atoms with Crippen LogP contribution >= 0.6 is 11.6 Å². The van der Waals surface area contributed by atoms with E-state index in [1.165, 1.54) is 4.31 Å². The number of nitrogens with zero attached hydrogens (tertiary/aromatic N) is 2. The third kappa shape index (κ3) is 9.33. The highest BCUT2D eigenvalue weighted by atomic mass is 35.5. The molecule has 0 saturated heterocycles. The van der Waals surface area contributed by atoms with E-state index < -0.39 is 16.1 Å². The summed E-state index contributed by atoms with van der Waals surface area (Å²) in [6.07, 6.45) is 2.61. The largest absolute Gasteiger partial charge is 0.352 e. The summed E-state index contributed by atoms with van der Waals surface area (Å²) in [6, 6.07) is 21.9. The Morgan fingerprint density at radius 3 is 2.21 bits per heavy atom. The Morgan fingerprint density at radius 2 is 1.60 bits per heavy atom. The van der Waals surface area contributed by atoms with E-state index >= 15 is 0 Å². The maximum atomic E-state index is 14.0. The van der Waals surface area contributed by atoms with Gasteiger partial charge in [-0.25, -0.2) is 8.42 Å². The van der Waals surface area contributed by atoms with Gasteiger partial charge in [0.25, 0.3) is 0 Å². The van der Waals surface area contributed by atoms with Crippen LogP contribution in [-0.2, 0) is 32.6 Å². The predicted molar refractivity (Wildman–Crippen MR) is 171 cm³/mol. The number of carbonyl (C=O) groups excluding carboxylic acids is 2. The minimum absolute atomic E-state index is 0.0450. The second kappa shape index (κ2) is 15.2. The van der Waals surface area contributed by atoms with Gasteiger partial charge in [-0.1, -0.05) is 84.8 Å². The number of anilines is 1. The summed E-state index contributed by atoms with van der Waals surface area (Å²) in [5, 5.41) is 3.54. The number of hydrogen-bond acceptors (Lipinski definition) is 4. The molecule has 3 aromatic rings. The van der Waals surface area contributed by atoms with Crippen molar-refractivity contribution in [2.45, 2.75) is 72.0 Å². The van der Waals surface area contributed by atoms with Crippen molar-refractivity contribution in [3.63, 3.8) is 0 Å². The summed E-state index contributed by atoms with van der Waals surface area (Å²) in [5.41, 5.74) is 4.11. The van der Waals surface area contributed by atoms with E-state index in [0.717, 1.165) is 29.4 Å². The quantitative estimate of drug-likeness (QED) is 0.240. The van der Waals surface area contributed by atoms with Crippen molar-refractivity contribution in [2.75, 3.05) is 17.1 Å². The van der Waals surface area contributed by atoms with E-state index in [9.17, 15) is 18.0 Å². The molecule has 9 heteroatoms. The zero-order valence-corrected chi connectivity index (χ0v) is 26.7. The molecule has 0 bridgehead atoms. The van der Waals surface area contributed by atoms with Gasteiger partial charge in [0.05, 0.1) is 11.9 Å². The first-order valence-corrected chi connectivity index (χ1v) is 16.6. The molecule has 0 radical (unpaired) electrons. The van der Waals surface area contributed by atoms with Gasteiger partial charge in [0, 0.05) is 37.0 Å². The summed E-state index contributed by atoms with van der Waals surface area (Å²) in [4.78, 5) is 29.3. The number of rotatable bonds is 14. The van der Waals surface area contributed by atoms with Crippen LogP contribution in [0.5, 0.6) is 0 Å². The Morgan fingerprint density at radius 1 is 0.929 bits per heavy atom. The SMILES string of the molecule is CC[C@@H](C)NC(=O)[C@H](Cc1ccccc1)N(Cc1ccc(C)cc1)C(=O)CCCN(c1cccc(Cl)c1C)S(C)(=O)=O. The maximum absolute atomic E-state index is 14.0. The van der Waals surface area contributed by atoms with Gasteiger partial charge in [0.1, 0.15) is 6.04 Å². The van der Waals surface area contributed by atoms with Gasteiger partial charge in [0.2, 0.25) is 21.8 Å². The van der Waals surface area contributed by atoms with Crippen molar-refractivity contribution in [3.8, 4) is 0 Å². The van der Waals surface area contributed by atoms with Crippen LogP contribution in [0, 0.1) is 13.8 Å². The molecule has 0 saturated carbocycles. The molecule has 0 spiro atoms. The summed E-state index contributed by atoms with van der Waals surface area (Å²) >= 11 is 6.28. The highest BCUT2D eigenvalue weighted by Crippen LogP contribution is 2.28. The molecule has 42 heavy (non-hydrogen) atoms. The Hall–Kier alpha value is -3.36. The van der Waals surface area contributed by atoms with Crippen molar-refractivity contribution >= 4 is 39.1 Å². The highest BCUT2D eigenvalue weighted by Gasteiger charge is 2.31. The van der Waals surface area contributed by atoms with Crippen LogP contribution in [0.3, 0.4) is 0 Å². The molecule has 0 aliphatic carbocycles. The zero-order chi connectivity index (χ0) is 30.9. The Labute approximate surface area is 255 Å². The van der Waals surface area contributed by atoms with E-state index in [1.54, 1.807) is 30.0 Å². The third-order valence-corrected chi connectivity index (χ3v) is 9.00. The van der Waals surface area contributed by atoms with Crippen molar-refractivity contribution in [2.24, 2.45) is 0 Å². The maximum Gasteiger partial charge on any atom is 0.243 e. The number of sulfonamides is 1. The van der Waals surface area contributed by atoms with Gasteiger partial charge in [-0.2, -0.15) is 0 Å². The molecule has 0 aliphatic heterocycles. The summed E-state index contributed by atoms with van der Waals surface area (Å²) in [7, 11) is -3.63. The van der Waals surface area contributed by atoms with Gasteiger partial charge in [-0.3, -0.25) is 13.9 Å². The van der Waals surface area contributed by atoms with Gasteiger partial charge >= 0.3 is 0 Å². The number of halogens is 1. The molecule has 226 valence electrons. The van der Waals surface area contributed by atoms with Crippen LogP contribution in [0.4, 0.5) is 5.69 Å². The van der Waals surface area contributed by atoms with Crippen LogP contribution in [0.25, 0.3) is 0 Å². The average molecular weight is 612 g/mol. The molecule has 0 heterocycles. The Kier molecular flexibility index (Phi) is 12.0. The van der Waals surface area contributed by atoms with Gasteiger partial charge in [0.15, 0.2) is 0 Å². The molecule has 7 nitrogen and oxygen atoms in total.